The first-order valence-electron chi connectivity index (χ1n) is 11.4. The molecule has 1 heterocycles. The lowest BCUT2D eigenvalue weighted by Crippen LogP contribution is -2.55. The minimum absolute atomic E-state index is 0.0780. The fourth-order valence-electron chi connectivity index (χ4n) is 4.13. The second-order valence-electron chi connectivity index (χ2n) is 8.64. The van der Waals surface area contributed by atoms with Crippen molar-refractivity contribution >= 4 is 11.6 Å². The van der Waals surface area contributed by atoms with Crippen molar-refractivity contribution in [2.24, 2.45) is 5.92 Å². The van der Waals surface area contributed by atoms with Crippen LogP contribution in [0.2, 0.25) is 0 Å². The molecule has 2 rings (SSSR count). The zero-order chi connectivity index (χ0) is 22.1. The van der Waals surface area contributed by atoms with Gasteiger partial charge < -0.3 is 20.4 Å². The van der Waals surface area contributed by atoms with E-state index in [1.807, 2.05) is 44.0 Å². The maximum absolute atomic E-state index is 12.7. The number of nitrogens with zero attached hydrogens (tertiary/aromatic N) is 1. The number of rotatable bonds is 8. The smallest absolute Gasteiger partial charge is 0.243 e. The summed E-state index contributed by atoms with van der Waals surface area (Å²) in [5.41, 5.74) is 2.33. The molecule has 0 aromatic heterocycles. The minimum atomic E-state index is -0.996. The third-order valence-corrected chi connectivity index (χ3v) is 5.84. The lowest BCUT2D eigenvalue weighted by molar-refractivity contribution is -0.125. The molecule has 0 bridgehead atoms. The molecule has 0 saturated carbocycles. The number of nitrogens with one attached hydrogen (secondary N) is 1. The van der Waals surface area contributed by atoms with Gasteiger partial charge in [-0.25, -0.2) is 0 Å². The number of fused-ring (bicyclic) bond motifs is 1. The summed E-state index contributed by atoms with van der Waals surface area (Å²) in [5, 5.41) is 23.4. The Kier molecular flexibility index (Phi) is 9.68. The van der Waals surface area contributed by atoms with Crippen molar-refractivity contribution in [1.82, 2.24) is 5.32 Å². The summed E-state index contributed by atoms with van der Waals surface area (Å²) in [7, 11) is 1.87. The van der Waals surface area contributed by atoms with Gasteiger partial charge in [-0.05, 0) is 30.5 Å². The molecule has 30 heavy (non-hydrogen) atoms. The number of aliphatic hydroxyl groups excluding tert-OH is 2. The Labute approximate surface area is 181 Å². The van der Waals surface area contributed by atoms with Crippen LogP contribution < -0.4 is 10.2 Å². The van der Waals surface area contributed by atoms with E-state index in [0.717, 1.165) is 24.1 Å². The minimum Gasteiger partial charge on any atom is -0.394 e. The van der Waals surface area contributed by atoms with Gasteiger partial charge in [0.2, 0.25) is 5.91 Å². The van der Waals surface area contributed by atoms with E-state index in [9.17, 15) is 15.0 Å². The third-order valence-electron chi connectivity index (χ3n) is 5.84. The Balaban J connectivity index is 2.19. The van der Waals surface area contributed by atoms with Crippen molar-refractivity contribution in [1.29, 1.82) is 0 Å². The van der Waals surface area contributed by atoms with Crippen LogP contribution in [0.5, 0.6) is 0 Å². The average Bonchev–Trinajstić information content (AvgIpc) is 2.72. The molecule has 1 aliphatic heterocycles. The predicted octanol–water partition coefficient (Wildman–Crippen LogP) is 3.77. The van der Waals surface area contributed by atoms with Crippen LogP contribution >= 0.6 is 0 Å². The second-order valence-corrected chi connectivity index (χ2v) is 8.64. The van der Waals surface area contributed by atoms with E-state index >= 15 is 0 Å². The zero-order valence-electron chi connectivity index (χ0n) is 18.9. The molecule has 0 fully saturated rings. The van der Waals surface area contributed by atoms with Crippen LogP contribution in [0.4, 0.5) is 5.69 Å². The topological polar surface area (TPSA) is 72.8 Å². The van der Waals surface area contributed by atoms with Crippen molar-refractivity contribution in [3.63, 3.8) is 0 Å². The molecule has 3 atom stereocenters. The summed E-state index contributed by atoms with van der Waals surface area (Å²) in [4.78, 5) is 14.6. The van der Waals surface area contributed by atoms with Gasteiger partial charge in [-0.2, -0.15) is 0 Å². The number of anilines is 1. The standard InChI is InChI=1S/C25H38N2O3/c1-5-6-7-8-9-10-11-12-13-19-14-15-22-20(16-19)24(29)21(17-28)26-25(30)23(18(2)3)27(22)4/h14-16,18,21,23-24,28-29H,5-11,17H2,1-4H3,(H,26,30)/t21-,23+,24-/m1/s1. The normalized spacial score (nSPS) is 21.4. The Morgan fingerprint density at radius 1 is 1.17 bits per heavy atom. The summed E-state index contributed by atoms with van der Waals surface area (Å²) < 4.78 is 0. The van der Waals surface area contributed by atoms with E-state index in [-0.39, 0.29) is 24.5 Å². The van der Waals surface area contributed by atoms with Gasteiger partial charge in [0.1, 0.15) is 12.1 Å². The summed E-state index contributed by atoms with van der Waals surface area (Å²) >= 11 is 0. The first-order valence-corrected chi connectivity index (χ1v) is 11.4. The lowest BCUT2D eigenvalue weighted by atomic mass is 9.92. The second kappa shape index (κ2) is 12.0. The van der Waals surface area contributed by atoms with Crippen molar-refractivity contribution in [2.75, 3.05) is 18.6 Å². The van der Waals surface area contributed by atoms with E-state index in [2.05, 4.69) is 24.1 Å². The highest BCUT2D eigenvalue weighted by atomic mass is 16.3. The Bertz CT molecular complexity index is 750. The van der Waals surface area contributed by atoms with Crippen LogP contribution in [0.15, 0.2) is 18.2 Å². The fraction of sp³-hybridized carbons (Fsp3) is 0.640. The van der Waals surface area contributed by atoms with E-state index in [1.165, 1.54) is 32.1 Å². The Hall–Kier alpha value is -2.03. The van der Waals surface area contributed by atoms with Gasteiger partial charge in [0.15, 0.2) is 0 Å². The van der Waals surface area contributed by atoms with Crippen LogP contribution in [0.3, 0.4) is 0 Å². The SMILES string of the molecule is CCCCCCCCC#Cc1ccc2c(c1)[C@@H](O)[C@@H](CO)NC(=O)[C@H](C(C)C)N2C. The number of unbranched alkanes of at least 4 members (excludes halogenated alkanes) is 6. The van der Waals surface area contributed by atoms with Crippen LogP contribution in [-0.4, -0.2) is 41.9 Å². The van der Waals surface area contributed by atoms with Crippen molar-refractivity contribution in [3.8, 4) is 11.8 Å². The van der Waals surface area contributed by atoms with Gasteiger partial charge in [-0.1, -0.05) is 64.7 Å². The molecule has 0 aliphatic carbocycles. The average molecular weight is 415 g/mol. The Morgan fingerprint density at radius 2 is 1.87 bits per heavy atom. The maximum Gasteiger partial charge on any atom is 0.243 e. The molecular formula is C25H38N2O3. The Morgan fingerprint density at radius 3 is 2.53 bits per heavy atom. The monoisotopic (exact) mass is 414 g/mol. The van der Waals surface area contributed by atoms with Gasteiger partial charge >= 0.3 is 0 Å². The number of hydrogen-bond donors (Lipinski definition) is 3. The molecule has 1 aromatic rings. The van der Waals surface area contributed by atoms with E-state index in [1.54, 1.807) is 0 Å². The molecule has 0 unspecified atom stereocenters. The molecule has 1 aromatic carbocycles. The molecule has 0 saturated heterocycles. The van der Waals surface area contributed by atoms with Crippen LogP contribution in [0.1, 0.15) is 82.9 Å². The summed E-state index contributed by atoms with van der Waals surface area (Å²) in [6.07, 6.45) is 7.36. The molecule has 5 nitrogen and oxygen atoms in total. The number of carbonyl (C=O) groups excluding carboxylic acids is 1. The van der Waals surface area contributed by atoms with Crippen LogP contribution in [-0.2, 0) is 4.79 Å². The highest BCUT2D eigenvalue weighted by molar-refractivity contribution is 5.87. The lowest BCUT2D eigenvalue weighted by Gasteiger charge is -2.38. The van der Waals surface area contributed by atoms with E-state index < -0.39 is 12.1 Å². The fourth-order valence-corrected chi connectivity index (χ4v) is 4.13. The van der Waals surface area contributed by atoms with Crippen LogP contribution in [0.25, 0.3) is 0 Å². The molecule has 1 amide bonds. The van der Waals surface area contributed by atoms with Gasteiger partial charge in [0, 0.05) is 30.3 Å². The van der Waals surface area contributed by atoms with E-state index in [0.29, 0.717) is 5.56 Å². The number of aliphatic hydroxyl groups is 2. The van der Waals surface area contributed by atoms with Gasteiger partial charge in [0.05, 0.1) is 12.6 Å². The van der Waals surface area contributed by atoms with Gasteiger partial charge in [-0.3, -0.25) is 4.79 Å². The number of hydrogen-bond acceptors (Lipinski definition) is 4. The predicted molar refractivity (Wildman–Crippen MR) is 122 cm³/mol. The molecule has 3 N–H and O–H groups in total. The summed E-state index contributed by atoms with van der Waals surface area (Å²) in [6, 6.07) is 4.64. The number of amides is 1. The summed E-state index contributed by atoms with van der Waals surface area (Å²) in [5.74, 6) is 6.36. The quantitative estimate of drug-likeness (QED) is 0.447. The number of likely N-dealkylation sites (N-methyl/N-ethyl adjacent to an activating group) is 1. The first-order chi connectivity index (χ1) is 14.4. The van der Waals surface area contributed by atoms with E-state index in [4.69, 9.17) is 0 Å². The molecule has 5 heteroatoms. The van der Waals surface area contributed by atoms with Gasteiger partial charge in [0.25, 0.3) is 0 Å². The summed E-state index contributed by atoms with van der Waals surface area (Å²) in [6.45, 7) is 5.89. The molecule has 0 spiro atoms. The first kappa shape index (κ1) is 24.2. The van der Waals surface area contributed by atoms with Crippen molar-refractivity contribution in [3.05, 3.63) is 29.3 Å². The molecule has 166 valence electrons. The molecule has 1 aliphatic rings. The number of carbonyl (C=O) groups is 1. The van der Waals surface area contributed by atoms with Crippen LogP contribution in [0, 0.1) is 17.8 Å². The highest BCUT2D eigenvalue weighted by Gasteiger charge is 2.36. The highest BCUT2D eigenvalue weighted by Crippen LogP contribution is 2.33. The maximum atomic E-state index is 12.7. The van der Waals surface area contributed by atoms with Crippen molar-refractivity contribution in [2.45, 2.75) is 83.9 Å². The largest absolute Gasteiger partial charge is 0.394 e. The molecule has 0 radical (unpaired) electrons. The third kappa shape index (κ3) is 6.23. The van der Waals surface area contributed by atoms with Crippen molar-refractivity contribution < 1.29 is 15.0 Å². The zero-order valence-corrected chi connectivity index (χ0v) is 18.9. The molecular weight excluding hydrogens is 376 g/mol. The number of benzene rings is 1. The van der Waals surface area contributed by atoms with Gasteiger partial charge in [-0.15, -0.1) is 0 Å².